The molecule has 2 rings (SSSR count). The second-order valence-electron chi connectivity index (χ2n) is 6.46. The summed E-state index contributed by atoms with van der Waals surface area (Å²) in [6.45, 7) is 5.40. The first-order chi connectivity index (χ1) is 13.4. The van der Waals surface area contributed by atoms with E-state index < -0.39 is 16.9 Å². The van der Waals surface area contributed by atoms with Crippen LogP contribution in [0.1, 0.15) is 25.0 Å². The van der Waals surface area contributed by atoms with E-state index in [-0.39, 0.29) is 6.61 Å². The third kappa shape index (κ3) is 5.16. The molecule has 1 heterocycles. The van der Waals surface area contributed by atoms with Gasteiger partial charge in [0, 0.05) is 24.3 Å². The Morgan fingerprint density at radius 2 is 2.18 bits per heavy atom. The van der Waals surface area contributed by atoms with Crippen molar-refractivity contribution in [2.45, 2.75) is 31.7 Å². The first-order valence-electron chi connectivity index (χ1n) is 8.60. The van der Waals surface area contributed by atoms with Crippen LogP contribution in [0, 0.1) is 30.1 Å². The molecule has 0 aliphatic rings. The summed E-state index contributed by atoms with van der Waals surface area (Å²) in [6, 6.07) is 7.69. The Morgan fingerprint density at radius 1 is 1.43 bits per heavy atom. The second kappa shape index (κ2) is 9.45. The van der Waals surface area contributed by atoms with E-state index in [4.69, 9.17) is 9.47 Å². The van der Waals surface area contributed by atoms with Crippen LogP contribution in [0.25, 0.3) is 10.9 Å². The van der Waals surface area contributed by atoms with E-state index in [1.807, 2.05) is 25.1 Å². The fourth-order valence-corrected chi connectivity index (χ4v) is 3.21. The molecule has 0 saturated carbocycles. The van der Waals surface area contributed by atoms with Gasteiger partial charge < -0.3 is 14.8 Å². The van der Waals surface area contributed by atoms with Crippen molar-refractivity contribution in [3.8, 4) is 23.7 Å². The average Bonchev–Trinajstić information content (AvgIpc) is 2.66. The topological polar surface area (TPSA) is 84.2 Å². The summed E-state index contributed by atoms with van der Waals surface area (Å²) in [6.07, 6.45) is 3.51. The molecule has 0 radical (unpaired) electrons. The van der Waals surface area contributed by atoms with Crippen LogP contribution >= 0.6 is 11.8 Å². The summed E-state index contributed by atoms with van der Waals surface area (Å²) >= 11 is 1.24. The van der Waals surface area contributed by atoms with Crippen LogP contribution in [0.4, 0.5) is 0 Å². The number of hydrogen-bond acceptors (Lipinski definition) is 6. The smallest absolute Gasteiger partial charge is 0.273 e. The molecule has 2 unspecified atom stereocenters. The first-order valence-corrected chi connectivity index (χ1v) is 9.89. The van der Waals surface area contributed by atoms with Crippen molar-refractivity contribution in [1.29, 1.82) is 5.26 Å². The maximum Gasteiger partial charge on any atom is 0.273 e. The number of thioether (sulfide) groups is 1. The van der Waals surface area contributed by atoms with Gasteiger partial charge in [-0.2, -0.15) is 5.26 Å². The van der Waals surface area contributed by atoms with Crippen molar-refractivity contribution < 1.29 is 14.3 Å². The molecule has 1 amide bonds. The van der Waals surface area contributed by atoms with E-state index in [0.717, 1.165) is 22.0 Å². The summed E-state index contributed by atoms with van der Waals surface area (Å²) in [7, 11) is 1.48. The average molecular weight is 398 g/mol. The number of nitriles is 1. The van der Waals surface area contributed by atoms with E-state index >= 15 is 0 Å². The van der Waals surface area contributed by atoms with E-state index in [0.29, 0.717) is 5.75 Å². The molecule has 1 N–H and O–H groups in total. The highest BCUT2D eigenvalue weighted by atomic mass is 32.2. The molecule has 28 heavy (non-hydrogen) atoms. The standard InChI is InChI=1S/C21H23N3O3S/c1-6-7-15-9-16-10-17(8-14(2)18(16)23-11-15)27-20(28-5)19(25)24-21(3,12-22)13-26-4/h8-11,20H,13H2,1-5H3,(H,24,25). The fraction of sp³-hybridized carbons (Fsp3) is 0.381. The van der Waals surface area contributed by atoms with Crippen LogP contribution in [0.15, 0.2) is 24.4 Å². The molecule has 0 aliphatic heterocycles. The monoisotopic (exact) mass is 397 g/mol. The number of nitrogens with zero attached hydrogens (tertiary/aromatic N) is 2. The number of rotatable bonds is 7. The van der Waals surface area contributed by atoms with Crippen LogP contribution in [-0.2, 0) is 9.53 Å². The second-order valence-corrected chi connectivity index (χ2v) is 7.36. The van der Waals surface area contributed by atoms with Crippen molar-refractivity contribution in [2.24, 2.45) is 0 Å². The molecule has 146 valence electrons. The number of pyridine rings is 1. The zero-order valence-corrected chi connectivity index (χ0v) is 17.4. The summed E-state index contributed by atoms with van der Waals surface area (Å²) in [4.78, 5) is 17.1. The van der Waals surface area contributed by atoms with Crippen LogP contribution in [0.3, 0.4) is 0 Å². The van der Waals surface area contributed by atoms with E-state index in [1.54, 1.807) is 26.3 Å². The van der Waals surface area contributed by atoms with Crippen molar-refractivity contribution >= 4 is 28.6 Å². The summed E-state index contributed by atoms with van der Waals surface area (Å²) in [5.41, 5.74) is 0.671. The lowest BCUT2D eigenvalue weighted by Gasteiger charge is -2.25. The van der Waals surface area contributed by atoms with Gasteiger partial charge in [-0.3, -0.25) is 9.78 Å². The molecule has 0 spiro atoms. The molecule has 0 bridgehead atoms. The Hall–Kier alpha value is -2.74. The molecular weight excluding hydrogens is 374 g/mol. The molecule has 7 heteroatoms. The number of carbonyl (C=O) groups excluding carboxylic acids is 1. The number of ether oxygens (including phenoxy) is 2. The molecule has 0 saturated heterocycles. The van der Waals surface area contributed by atoms with Gasteiger partial charge in [-0.15, -0.1) is 17.7 Å². The lowest BCUT2D eigenvalue weighted by molar-refractivity contribution is -0.126. The molecule has 2 atom stereocenters. The molecule has 1 aromatic heterocycles. The van der Waals surface area contributed by atoms with Gasteiger partial charge in [0.15, 0.2) is 0 Å². The van der Waals surface area contributed by atoms with Gasteiger partial charge in [0.25, 0.3) is 5.91 Å². The third-order valence-electron chi connectivity index (χ3n) is 3.97. The highest BCUT2D eigenvalue weighted by Gasteiger charge is 2.30. The number of carbonyl (C=O) groups is 1. The third-order valence-corrected chi connectivity index (χ3v) is 4.71. The Bertz CT molecular complexity index is 974. The van der Waals surface area contributed by atoms with Gasteiger partial charge in [0.1, 0.15) is 11.3 Å². The van der Waals surface area contributed by atoms with Crippen LogP contribution in [0.2, 0.25) is 0 Å². The predicted molar refractivity (Wildman–Crippen MR) is 111 cm³/mol. The fourth-order valence-electron chi connectivity index (χ4n) is 2.73. The van der Waals surface area contributed by atoms with Crippen molar-refractivity contribution in [1.82, 2.24) is 10.3 Å². The van der Waals surface area contributed by atoms with E-state index in [9.17, 15) is 10.1 Å². The van der Waals surface area contributed by atoms with Gasteiger partial charge in [-0.25, -0.2) is 0 Å². The number of methoxy groups -OCH3 is 1. The number of fused-ring (bicyclic) bond motifs is 1. The first kappa shape index (κ1) is 21.6. The Labute approximate surface area is 169 Å². The lowest BCUT2D eigenvalue weighted by atomic mass is 10.1. The number of aromatic nitrogens is 1. The number of hydrogen-bond donors (Lipinski definition) is 1. The summed E-state index contributed by atoms with van der Waals surface area (Å²) in [5, 5.41) is 12.9. The molecular formula is C21H23N3O3S. The number of benzene rings is 1. The maximum atomic E-state index is 12.6. The molecule has 2 aromatic rings. The van der Waals surface area contributed by atoms with E-state index in [2.05, 4.69) is 28.2 Å². The number of aryl methyl sites for hydroxylation is 1. The zero-order chi connectivity index (χ0) is 20.7. The van der Waals surface area contributed by atoms with Crippen LogP contribution < -0.4 is 10.1 Å². The molecule has 0 fully saturated rings. The van der Waals surface area contributed by atoms with Gasteiger partial charge in [-0.05, 0) is 50.8 Å². The SMILES string of the molecule is CC#Cc1cnc2c(C)cc(OC(SC)C(=O)NC(C)(C#N)COC)cc2c1. The Balaban J connectivity index is 2.28. The number of amides is 1. The quantitative estimate of drug-likeness (QED) is 0.571. The lowest BCUT2D eigenvalue weighted by Crippen LogP contribution is -2.52. The van der Waals surface area contributed by atoms with Gasteiger partial charge in [0.05, 0.1) is 18.2 Å². The van der Waals surface area contributed by atoms with Gasteiger partial charge in [-0.1, -0.05) is 5.92 Å². The number of nitrogens with one attached hydrogen (secondary N) is 1. The van der Waals surface area contributed by atoms with Gasteiger partial charge >= 0.3 is 0 Å². The van der Waals surface area contributed by atoms with Crippen molar-refractivity contribution in [3.05, 3.63) is 35.5 Å². The minimum atomic E-state index is -1.12. The highest BCUT2D eigenvalue weighted by molar-refractivity contribution is 7.99. The maximum absolute atomic E-state index is 12.6. The normalized spacial score (nSPS) is 13.6. The Kier molecular flexibility index (Phi) is 7.28. The van der Waals surface area contributed by atoms with E-state index in [1.165, 1.54) is 18.9 Å². The van der Waals surface area contributed by atoms with Crippen molar-refractivity contribution in [3.63, 3.8) is 0 Å². The molecule has 6 nitrogen and oxygen atoms in total. The highest BCUT2D eigenvalue weighted by Crippen LogP contribution is 2.26. The Morgan fingerprint density at radius 3 is 2.79 bits per heavy atom. The largest absolute Gasteiger partial charge is 0.470 e. The molecule has 0 aliphatic carbocycles. The minimum absolute atomic E-state index is 0.0817. The van der Waals surface area contributed by atoms with Gasteiger partial charge in [0.2, 0.25) is 5.44 Å². The molecule has 1 aromatic carbocycles. The van der Waals surface area contributed by atoms with Crippen LogP contribution in [-0.4, -0.2) is 41.8 Å². The zero-order valence-electron chi connectivity index (χ0n) is 16.6. The summed E-state index contributed by atoms with van der Waals surface area (Å²) < 4.78 is 10.9. The minimum Gasteiger partial charge on any atom is -0.470 e. The van der Waals surface area contributed by atoms with Crippen LogP contribution in [0.5, 0.6) is 5.75 Å². The summed E-state index contributed by atoms with van der Waals surface area (Å²) in [5.74, 6) is 6.00. The predicted octanol–water partition coefficient (Wildman–Crippen LogP) is 3.03. The van der Waals surface area contributed by atoms with Crippen molar-refractivity contribution in [2.75, 3.05) is 20.0 Å².